The van der Waals surface area contributed by atoms with E-state index >= 15 is 0 Å². The maximum absolute atomic E-state index is 13.3. The molecule has 1 N–H and O–H groups in total. The first-order valence-electron chi connectivity index (χ1n) is 10.1. The van der Waals surface area contributed by atoms with Gasteiger partial charge in [0.1, 0.15) is 11.6 Å². The van der Waals surface area contributed by atoms with E-state index in [0.29, 0.717) is 25.5 Å². The summed E-state index contributed by atoms with van der Waals surface area (Å²) in [5, 5.41) is 2.80. The molecule has 2 aromatic heterocycles. The van der Waals surface area contributed by atoms with Crippen LogP contribution in [0.1, 0.15) is 5.56 Å². The minimum Gasteiger partial charge on any atom is -0.378 e. The Morgan fingerprint density at radius 1 is 1.16 bits per heavy atom. The van der Waals surface area contributed by atoms with Gasteiger partial charge in [-0.2, -0.15) is 0 Å². The number of amides is 1. The van der Waals surface area contributed by atoms with E-state index in [-0.39, 0.29) is 11.7 Å². The molecule has 3 heterocycles. The Kier molecular flexibility index (Phi) is 6.33. The molecule has 1 fully saturated rings. The molecule has 1 saturated heterocycles. The number of carbonyl (C=O) groups is 1. The van der Waals surface area contributed by atoms with Crippen LogP contribution in [0.4, 0.5) is 10.2 Å². The summed E-state index contributed by atoms with van der Waals surface area (Å²) in [6, 6.07) is 14.0. The molecule has 0 spiro atoms. The highest BCUT2D eigenvalue weighted by Crippen LogP contribution is 2.29. The van der Waals surface area contributed by atoms with Crippen LogP contribution in [0.3, 0.4) is 0 Å². The molecule has 1 amide bonds. The second kappa shape index (κ2) is 9.49. The lowest BCUT2D eigenvalue weighted by Crippen LogP contribution is -2.36. The third-order valence-electron chi connectivity index (χ3n) is 5.11. The number of anilines is 1. The van der Waals surface area contributed by atoms with Crippen LogP contribution >= 0.6 is 0 Å². The van der Waals surface area contributed by atoms with Crippen molar-refractivity contribution in [2.24, 2.45) is 0 Å². The predicted octanol–water partition coefficient (Wildman–Crippen LogP) is 3.59. The third-order valence-corrected chi connectivity index (χ3v) is 5.11. The smallest absolute Gasteiger partial charge is 0.243 e. The second-order valence-corrected chi connectivity index (χ2v) is 7.14. The van der Waals surface area contributed by atoms with Gasteiger partial charge < -0.3 is 15.0 Å². The van der Waals surface area contributed by atoms with Gasteiger partial charge in [0.05, 0.1) is 24.6 Å². The lowest BCUT2D eigenvalue weighted by atomic mass is 10.0. The Morgan fingerprint density at radius 2 is 1.94 bits per heavy atom. The normalized spacial score (nSPS) is 13.6. The van der Waals surface area contributed by atoms with Gasteiger partial charge >= 0.3 is 0 Å². The summed E-state index contributed by atoms with van der Waals surface area (Å²) in [6.07, 6.45) is 2.96. The Balaban J connectivity index is 1.73. The molecule has 158 valence electrons. The zero-order valence-corrected chi connectivity index (χ0v) is 17.1. The summed E-state index contributed by atoms with van der Waals surface area (Å²) in [6.45, 7) is 6.71. The van der Waals surface area contributed by atoms with Gasteiger partial charge in [-0.05, 0) is 54.1 Å². The number of pyridine rings is 2. The molecule has 0 atom stereocenters. The quantitative estimate of drug-likeness (QED) is 0.620. The van der Waals surface area contributed by atoms with Crippen LogP contribution in [0.5, 0.6) is 0 Å². The van der Waals surface area contributed by atoms with E-state index in [4.69, 9.17) is 9.72 Å². The Bertz CT molecular complexity index is 1080. The molecule has 0 aliphatic carbocycles. The van der Waals surface area contributed by atoms with Crippen molar-refractivity contribution in [1.82, 2.24) is 15.3 Å². The number of aromatic nitrogens is 2. The van der Waals surface area contributed by atoms with E-state index < -0.39 is 0 Å². The first kappa shape index (κ1) is 20.7. The maximum atomic E-state index is 13.3. The van der Waals surface area contributed by atoms with E-state index in [2.05, 4.69) is 21.8 Å². The summed E-state index contributed by atoms with van der Waals surface area (Å²) in [5.74, 6) is 0.318. The molecule has 0 unspecified atom stereocenters. The Labute approximate surface area is 180 Å². The van der Waals surface area contributed by atoms with E-state index in [1.54, 1.807) is 18.3 Å². The van der Waals surface area contributed by atoms with Crippen molar-refractivity contribution < 1.29 is 13.9 Å². The van der Waals surface area contributed by atoms with Gasteiger partial charge in [0, 0.05) is 37.0 Å². The number of ether oxygens (including phenoxy) is 1. The molecule has 1 aromatic carbocycles. The topological polar surface area (TPSA) is 67.4 Å². The minimum absolute atomic E-state index is 0.261. The van der Waals surface area contributed by atoms with Gasteiger partial charge in [-0.1, -0.05) is 12.6 Å². The molecule has 3 aromatic rings. The van der Waals surface area contributed by atoms with Crippen molar-refractivity contribution in [3.63, 3.8) is 0 Å². The summed E-state index contributed by atoms with van der Waals surface area (Å²) in [4.78, 5) is 23.3. The summed E-state index contributed by atoms with van der Waals surface area (Å²) >= 11 is 0. The van der Waals surface area contributed by atoms with Crippen molar-refractivity contribution in [2.45, 2.75) is 6.54 Å². The van der Waals surface area contributed by atoms with Crippen LogP contribution in [0.15, 0.2) is 67.4 Å². The molecule has 1 aliphatic heterocycles. The number of benzene rings is 1. The Morgan fingerprint density at radius 3 is 2.68 bits per heavy atom. The molecule has 0 bridgehead atoms. The van der Waals surface area contributed by atoms with E-state index in [1.807, 2.05) is 24.3 Å². The van der Waals surface area contributed by atoms with Crippen LogP contribution < -0.4 is 10.2 Å². The minimum atomic E-state index is -0.299. The van der Waals surface area contributed by atoms with Crippen LogP contribution in [-0.2, 0) is 16.1 Å². The standard InChI is InChI=1S/C24H23FN4O2/c1-2-24(30)27-16-18-15-26-22(17-6-8-19(25)9-7-17)14-20(18)21-4-3-5-23(28-21)29-10-12-31-13-11-29/h2-9,14-15H,1,10-13,16H2,(H,27,30). The number of nitrogens with one attached hydrogen (secondary N) is 1. The average Bonchev–Trinajstić information content (AvgIpc) is 2.83. The van der Waals surface area contributed by atoms with Gasteiger partial charge in [0.15, 0.2) is 0 Å². The summed E-state index contributed by atoms with van der Waals surface area (Å²) < 4.78 is 18.8. The molecule has 1 aliphatic rings. The average molecular weight is 418 g/mol. The fraction of sp³-hybridized carbons (Fsp3) is 0.208. The summed E-state index contributed by atoms with van der Waals surface area (Å²) in [7, 11) is 0. The van der Waals surface area contributed by atoms with Gasteiger partial charge in [0.25, 0.3) is 0 Å². The van der Waals surface area contributed by atoms with Crippen LogP contribution in [0.25, 0.3) is 22.5 Å². The van der Waals surface area contributed by atoms with Gasteiger partial charge in [-0.25, -0.2) is 9.37 Å². The first-order valence-corrected chi connectivity index (χ1v) is 10.1. The van der Waals surface area contributed by atoms with Crippen molar-refractivity contribution in [1.29, 1.82) is 0 Å². The molecule has 6 nitrogen and oxygen atoms in total. The molecule has 0 saturated carbocycles. The highest BCUT2D eigenvalue weighted by atomic mass is 19.1. The van der Waals surface area contributed by atoms with E-state index in [1.165, 1.54) is 18.2 Å². The van der Waals surface area contributed by atoms with Crippen molar-refractivity contribution in [3.8, 4) is 22.5 Å². The Hall–Kier alpha value is -3.58. The lowest BCUT2D eigenvalue weighted by molar-refractivity contribution is -0.116. The van der Waals surface area contributed by atoms with E-state index in [0.717, 1.165) is 41.3 Å². The number of hydrogen-bond acceptors (Lipinski definition) is 5. The maximum Gasteiger partial charge on any atom is 0.243 e. The van der Waals surface area contributed by atoms with Crippen LogP contribution in [0, 0.1) is 5.82 Å². The molecular weight excluding hydrogens is 395 g/mol. The van der Waals surface area contributed by atoms with Crippen molar-refractivity contribution >= 4 is 11.7 Å². The SMILES string of the molecule is C=CC(=O)NCc1cnc(-c2ccc(F)cc2)cc1-c1cccc(N2CCOCC2)n1. The molecular formula is C24H23FN4O2. The fourth-order valence-corrected chi connectivity index (χ4v) is 3.44. The number of morpholine rings is 1. The first-order chi connectivity index (χ1) is 15.1. The highest BCUT2D eigenvalue weighted by molar-refractivity contribution is 5.87. The molecule has 7 heteroatoms. The van der Waals surface area contributed by atoms with Gasteiger partial charge in [-0.15, -0.1) is 0 Å². The fourth-order valence-electron chi connectivity index (χ4n) is 3.44. The number of rotatable bonds is 6. The number of halogens is 1. The number of hydrogen-bond donors (Lipinski definition) is 1. The van der Waals surface area contributed by atoms with Gasteiger partial charge in [0.2, 0.25) is 5.91 Å². The predicted molar refractivity (Wildman–Crippen MR) is 118 cm³/mol. The number of carbonyl (C=O) groups excluding carboxylic acids is 1. The van der Waals surface area contributed by atoms with Crippen molar-refractivity contribution in [3.05, 3.63) is 78.8 Å². The monoisotopic (exact) mass is 418 g/mol. The molecule has 4 rings (SSSR count). The van der Waals surface area contributed by atoms with E-state index in [9.17, 15) is 9.18 Å². The summed E-state index contributed by atoms with van der Waals surface area (Å²) in [5.41, 5.74) is 3.96. The third kappa shape index (κ3) is 4.95. The zero-order chi connectivity index (χ0) is 21.6. The number of nitrogens with zero attached hydrogens (tertiary/aromatic N) is 3. The highest BCUT2D eigenvalue weighted by Gasteiger charge is 2.15. The van der Waals surface area contributed by atoms with Gasteiger partial charge in [-0.3, -0.25) is 9.78 Å². The van der Waals surface area contributed by atoms with Crippen LogP contribution in [-0.4, -0.2) is 42.2 Å². The largest absolute Gasteiger partial charge is 0.378 e. The lowest BCUT2D eigenvalue weighted by Gasteiger charge is -2.28. The molecule has 31 heavy (non-hydrogen) atoms. The van der Waals surface area contributed by atoms with Crippen LogP contribution in [0.2, 0.25) is 0 Å². The second-order valence-electron chi connectivity index (χ2n) is 7.14. The van der Waals surface area contributed by atoms with Crippen molar-refractivity contribution in [2.75, 3.05) is 31.2 Å². The molecule has 0 radical (unpaired) electrons. The zero-order valence-electron chi connectivity index (χ0n) is 17.1.